The molecule has 2 atom stereocenters. The maximum absolute atomic E-state index is 11.6. The van der Waals surface area contributed by atoms with Gasteiger partial charge in [0.15, 0.2) is 5.78 Å². The molecule has 0 aliphatic heterocycles. The number of carbonyl (C=O) groups is 1. The molecule has 0 aromatic heterocycles. The van der Waals surface area contributed by atoms with E-state index in [-0.39, 0.29) is 5.78 Å². The summed E-state index contributed by atoms with van der Waals surface area (Å²) in [5.74, 6) is 1.73. The molecule has 2 heteroatoms. The molecule has 0 heterocycles. The first kappa shape index (κ1) is 9.59. The average Bonchev–Trinajstić information content (AvgIpc) is 2.88. The van der Waals surface area contributed by atoms with Crippen molar-refractivity contribution in [1.82, 2.24) is 0 Å². The van der Waals surface area contributed by atoms with Crippen LogP contribution in [0.1, 0.15) is 52.6 Å². The van der Waals surface area contributed by atoms with Gasteiger partial charge in [-0.2, -0.15) is 0 Å². The Hall–Kier alpha value is -0.630. The van der Waals surface area contributed by atoms with E-state index in [1.54, 1.807) is 0 Å². The largest absolute Gasteiger partial charge is 0.293 e. The minimum absolute atomic E-state index is 0.195. The molecule has 0 saturated heterocycles. The highest BCUT2D eigenvalue weighted by Crippen LogP contribution is 2.53. The van der Waals surface area contributed by atoms with Crippen LogP contribution in [0.2, 0.25) is 0 Å². The first-order valence-corrected chi connectivity index (χ1v) is 6.64. The maximum atomic E-state index is 11.6. The van der Waals surface area contributed by atoms with Crippen molar-refractivity contribution in [3.8, 4) is 0 Å². The van der Waals surface area contributed by atoms with E-state index in [2.05, 4.69) is 28.1 Å². The molecular weight excluding hydrogens is 252 g/mol. The minimum Gasteiger partial charge on any atom is -0.293 e. The molecule has 2 bridgehead atoms. The third-order valence-corrected chi connectivity index (χ3v) is 4.35. The number of carbonyl (C=O) groups excluding carboxylic acids is 1. The summed E-state index contributed by atoms with van der Waals surface area (Å²) < 4.78 is 0. The molecule has 0 radical (unpaired) electrons. The second-order valence-corrected chi connectivity index (χ2v) is 5.17. The van der Waals surface area contributed by atoms with Crippen LogP contribution in [0.4, 0.5) is 0 Å². The van der Waals surface area contributed by atoms with Crippen LogP contribution >= 0.6 is 15.9 Å². The van der Waals surface area contributed by atoms with Crippen molar-refractivity contribution in [2.75, 3.05) is 5.33 Å². The van der Waals surface area contributed by atoms with E-state index < -0.39 is 0 Å². The third kappa shape index (κ3) is 1.38. The lowest BCUT2D eigenvalue weighted by molar-refractivity contribution is 0.102. The summed E-state index contributed by atoms with van der Waals surface area (Å²) in [6.07, 6.45) is 3.99. The predicted molar refractivity (Wildman–Crippen MR) is 63.9 cm³/mol. The van der Waals surface area contributed by atoms with Gasteiger partial charge in [-0.3, -0.25) is 4.79 Å². The predicted octanol–water partition coefficient (Wildman–Crippen LogP) is 3.63. The number of benzene rings is 1. The highest BCUT2D eigenvalue weighted by Gasteiger charge is 2.36. The van der Waals surface area contributed by atoms with Crippen LogP contribution in [0.15, 0.2) is 18.2 Å². The second kappa shape index (κ2) is 3.44. The smallest absolute Gasteiger partial charge is 0.173 e. The molecule has 2 aliphatic carbocycles. The van der Waals surface area contributed by atoms with E-state index in [4.69, 9.17) is 0 Å². The fourth-order valence-electron chi connectivity index (χ4n) is 3.10. The van der Waals surface area contributed by atoms with Gasteiger partial charge in [0, 0.05) is 5.56 Å². The number of ketones is 1. The van der Waals surface area contributed by atoms with E-state index in [1.807, 2.05) is 6.07 Å². The van der Waals surface area contributed by atoms with Gasteiger partial charge < -0.3 is 0 Å². The molecule has 2 unspecified atom stereocenters. The number of rotatable bonds is 2. The Morgan fingerprint density at radius 2 is 2.00 bits per heavy atom. The van der Waals surface area contributed by atoms with Gasteiger partial charge in [0.25, 0.3) is 0 Å². The van der Waals surface area contributed by atoms with E-state index in [1.165, 1.54) is 30.4 Å². The van der Waals surface area contributed by atoms with Crippen molar-refractivity contribution >= 4 is 21.7 Å². The Morgan fingerprint density at radius 1 is 1.27 bits per heavy atom. The molecular formula is C13H13BrO. The summed E-state index contributed by atoms with van der Waals surface area (Å²) in [6, 6.07) is 6.29. The standard InChI is InChI=1S/C13H13BrO/c14-7-13(15)10-3-4-11-8-1-2-9(5-8)12(11)6-10/h3-4,6,8-9H,1-2,5,7H2. The molecule has 1 saturated carbocycles. The average molecular weight is 265 g/mol. The fourth-order valence-corrected chi connectivity index (χ4v) is 3.42. The number of hydrogen-bond acceptors (Lipinski definition) is 1. The van der Waals surface area contributed by atoms with Crippen LogP contribution in [-0.4, -0.2) is 11.1 Å². The van der Waals surface area contributed by atoms with E-state index in [9.17, 15) is 4.79 Å². The van der Waals surface area contributed by atoms with Crippen molar-refractivity contribution in [3.63, 3.8) is 0 Å². The summed E-state index contributed by atoms with van der Waals surface area (Å²) in [6.45, 7) is 0. The molecule has 1 fully saturated rings. The van der Waals surface area contributed by atoms with E-state index in [0.29, 0.717) is 5.33 Å². The van der Waals surface area contributed by atoms with Crippen molar-refractivity contribution in [2.45, 2.75) is 31.1 Å². The van der Waals surface area contributed by atoms with Gasteiger partial charge in [-0.05, 0) is 48.3 Å². The van der Waals surface area contributed by atoms with Crippen molar-refractivity contribution in [3.05, 3.63) is 34.9 Å². The first-order valence-electron chi connectivity index (χ1n) is 5.52. The SMILES string of the molecule is O=C(CBr)c1ccc2c(c1)C1CCC2C1. The first-order chi connectivity index (χ1) is 7.29. The number of hydrogen-bond donors (Lipinski definition) is 0. The molecule has 78 valence electrons. The van der Waals surface area contributed by atoms with Crippen LogP contribution in [-0.2, 0) is 0 Å². The van der Waals surface area contributed by atoms with Gasteiger partial charge in [0.1, 0.15) is 0 Å². The monoisotopic (exact) mass is 264 g/mol. The Bertz CT molecular complexity index is 425. The Balaban J connectivity index is 2.04. The van der Waals surface area contributed by atoms with Crippen LogP contribution in [0.3, 0.4) is 0 Å². The zero-order chi connectivity index (χ0) is 10.4. The number of Topliss-reactive ketones (excluding diaryl/α,β-unsaturated/α-hetero) is 1. The van der Waals surface area contributed by atoms with Crippen LogP contribution in [0.25, 0.3) is 0 Å². The van der Waals surface area contributed by atoms with Crippen LogP contribution in [0, 0.1) is 0 Å². The normalized spacial score (nSPS) is 26.7. The molecule has 0 spiro atoms. The van der Waals surface area contributed by atoms with Crippen LogP contribution < -0.4 is 0 Å². The van der Waals surface area contributed by atoms with Gasteiger partial charge in [0.05, 0.1) is 5.33 Å². The second-order valence-electron chi connectivity index (χ2n) is 4.61. The quantitative estimate of drug-likeness (QED) is 0.589. The summed E-state index contributed by atoms with van der Waals surface area (Å²) in [5.41, 5.74) is 3.84. The Labute approximate surface area is 98.0 Å². The Morgan fingerprint density at radius 3 is 2.73 bits per heavy atom. The fraction of sp³-hybridized carbons (Fsp3) is 0.462. The Kier molecular flexibility index (Phi) is 2.20. The molecule has 0 amide bonds. The summed E-state index contributed by atoms with van der Waals surface area (Å²) in [4.78, 5) is 11.6. The third-order valence-electron chi connectivity index (χ3n) is 3.84. The summed E-state index contributed by atoms with van der Waals surface area (Å²) in [7, 11) is 0. The lowest BCUT2D eigenvalue weighted by atomic mass is 9.90. The summed E-state index contributed by atoms with van der Waals surface area (Å²) >= 11 is 3.22. The van der Waals surface area contributed by atoms with Crippen molar-refractivity contribution in [2.24, 2.45) is 0 Å². The molecule has 1 aromatic carbocycles. The number of alkyl halides is 1. The van der Waals surface area contributed by atoms with Gasteiger partial charge in [-0.1, -0.05) is 28.1 Å². The molecule has 1 nitrogen and oxygen atoms in total. The van der Waals surface area contributed by atoms with E-state index >= 15 is 0 Å². The zero-order valence-electron chi connectivity index (χ0n) is 8.50. The van der Waals surface area contributed by atoms with E-state index in [0.717, 1.165) is 17.4 Å². The van der Waals surface area contributed by atoms with Gasteiger partial charge in [-0.15, -0.1) is 0 Å². The molecule has 15 heavy (non-hydrogen) atoms. The highest BCUT2D eigenvalue weighted by molar-refractivity contribution is 9.09. The highest BCUT2D eigenvalue weighted by atomic mass is 79.9. The van der Waals surface area contributed by atoms with Crippen molar-refractivity contribution < 1.29 is 4.79 Å². The topological polar surface area (TPSA) is 17.1 Å². The number of fused-ring (bicyclic) bond motifs is 5. The van der Waals surface area contributed by atoms with Gasteiger partial charge in [-0.25, -0.2) is 0 Å². The molecule has 3 rings (SSSR count). The summed E-state index contributed by atoms with van der Waals surface area (Å²) in [5, 5.41) is 0.430. The molecule has 1 aromatic rings. The van der Waals surface area contributed by atoms with Gasteiger partial charge >= 0.3 is 0 Å². The number of halogens is 1. The van der Waals surface area contributed by atoms with Crippen molar-refractivity contribution in [1.29, 1.82) is 0 Å². The molecule has 2 aliphatic rings. The molecule has 0 N–H and O–H groups in total. The minimum atomic E-state index is 0.195. The zero-order valence-corrected chi connectivity index (χ0v) is 10.1. The van der Waals surface area contributed by atoms with Crippen LogP contribution in [0.5, 0.6) is 0 Å². The lowest BCUT2D eigenvalue weighted by Gasteiger charge is -2.15. The maximum Gasteiger partial charge on any atom is 0.173 e. The lowest BCUT2D eigenvalue weighted by Crippen LogP contribution is -2.04. The van der Waals surface area contributed by atoms with Gasteiger partial charge in [0.2, 0.25) is 0 Å².